The lowest BCUT2D eigenvalue weighted by molar-refractivity contribution is -0.186. The van der Waals surface area contributed by atoms with Gasteiger partial charge in [-0.3, -0.25) is 0 Å². The molecular weight excluding hydrogens is 364 g/mol. The standard InChI is InChI=1S/C25H44O4/c1-7-19(3)22(27)29-17-23(4)13-8-14-24(5)20(23)11-15-25(6,28)21(24)10-9-18(2)12-16-26/h7,18,20-21,26,28H,8-17H2,1-6H3. The average Bonchev–Trinajstić information content (AvgIpc) is 2.64. The van der Waals surface area contributed by atoms with E-state index >= 15 is 0 Å². The number of carbonyl (C=O) groups is 1. The van der Waals surface area contributed by atoms with Crippen LogP contribution in [0.5, 0.6) is 0 Å². The van der Waals surface area contributed by atoms with Crippen molar-refractivity contribution in [3.63, 3.8) is 0 Å². The summed E-state index contributed by atoms with van der Waals surface area (Å²) in [6, 6.07) is 0. The molecule has 0 bridgehead atoms. The van der Waals surface area contributed by atoms with Crippen LogP contribution in [-0.2, 0) is 9.53 Å². The van der Waals surface area contributed by atoms with Gasteiger partial charge in [-0.15, -0.1) is 0 Å². The Balaban J connectivity index is 2.20. The van der Waals surface area contributed by atoms with Gasteiger partial charge < -0.3 is 14.9 Å². The summed E-state index contributed by atoms with van der Waals surface area (Å²) in [7, 11) is 0. The molecule has 4 heteroatoms. The largest absolute Gasteiger partial charge is 0.462 e. The molecule has 6 atom stereocenters. The normalized spacial score (nSPS) is 39.0. The fourth-order valence-electron chi connectivity index (χ4n) is 6.53. The van der Waals surface area contributed by atoms with Crippen LogP contribution in [0, 0.1) is 28.6 Å². The number of aliphatic hydroxyl groups is 2. The van der Waals surface area contributed by atoms with Crippen molar-refractivity contribution in [1.29, 1.82) is 0 Å². The van der Waals surface area contributed by atoms with E-state index < -0.39 is 5.60 Å². The van der Waals surface area contributed by atoms with Crippen LogP contribution in [-0.4, -0.2) is 35.0 Å². The first-order valence-corrected chi connectivity index (χ1v) is 11.6. The minimum absolute atomic E-state index is 0.0395. The lowest BCUT2D eigenvalue weighted by atomic mass is 9.45. The zero-order valence-corrected chi connectivity index (χ0v) is 19.6. The van der Waals surface area contributed by atoms with Crippen molar-refractivity contribution < 1.29 is 19.7 Å². The van der Waals surface area contributed by atoms with Gasteiger partial charge in [-0.25, -0.2) is 4.79 Å². The van der Waals surface area contributed by atoms with E-state index in [9.17, 15) is 15.0 Å². The first kappa shape index (κ1) is 24.4. The second-order valence-corrected chi connectivity index (χ2v) is 10.8. The number of carbonyl (C=O) groups excluding carboxylic acids is 1. The Bertz CT molecular complexity index is 596. The highest BCUT2D eigenvalue weighted by Crippen LogP contribution is 2.63. The molecule has 0 radical (unpaired) electrons. The van der Waals surface area contributed by atoms with Gasteiger partial charge in [0.25, 0.3) is 0 Å². The van der Waals surface area contributed by atoms with Gasteiger partial charge >= 0.3 is 5.97 Å². The Morgan fingerprint density at radius 1 is 1.21 bits per heavy atom. The van der Waals surface area contributed by atoms with Crippen molar-refractivity contribution >= 4 is 5.97 Å². The molecule has 2 aliphatic carbocycles. The molecule has 0 aromatic heterocycles. The molecule has 29 heavy (non-hydrogen) atoms. The molecule has 2 aliphatic rings. The summed E-state index contributed by atoms with van der Waals surface area (Å²) in [6.07, 6.45) is 9.78. The van der Waals surface area contributed by atoms with E-state index in [0.29, 0.717) is 24.0 Å². The highest BCUT2D eigenvalue weighted by molar-refractivity contribution is 5.87. The number of hydrogen-bond donors (Lipinski definition) is 2. The molecule has 2 N–H and O–H groups in total. The number of rotatable bonds is 8. The molecule has 0 saturated heterocycles. The predicted octanol–water partition coefficient (Wildman–Crippen LogP) is 5.27. The van der Waals surface area contributed by atoms with Crippen molar-refractivity contribution in [2.45, 2.75) is 98.5 Å². The highest BCUT2D eigenvalue weighted by Gasteiger charge is 2.59. The number of ether oxygens (including phenoxy) is 1. The van der Waals surface area contributed by atoms with Crippen LogP contribution in [0.2, 0.25) is 0 Å². The lowest BCUT2D eigenvalue weighted by Crippen LogP contribution is -2.59. The fraction of sp³-hybridized carbons (Fsp3) is 0.880. The third-order valence-electron chi connectivity index (χ3n) is 8.44. The van der Waals surface area contributed by atoms with E-state index in [1.54, 1.807) is 13.0 Å². The maximum absolute atomic E-state index is 12.3. The van der Waals surface area contributed by atoms with Crippen LogP contribution in [0.15, 0.2) is 11.6 Å². The second kappa shape index (κ2) is 9.51. The maximum atomic E-state index is 12.3. The molecular formula is C25H44O4. The summed E-state index contributed by atoms with van der Waals surface area (Å²) in [5, 5.41) is 20.6. The zero-order valence-electron chi connectivity index (χ0n) is 19.6. The Morgan fingerprint density at radius 2 is 1.90 bits per heavy atom. The third-order valence-corrected chi connectivity index (χ3v) is 8.44. The number of esters is 1. The molecule has 0 heterocycles. The van der Waals surface area contributed by atoms with Crippen LogP contribution < -0.4 is 0 Å². The van der Waals surface area contributed by atoms with E-state index in [0.717, 1.165) is 51.4 Å². The number of aliphatic hydroxyl groups excluding tert-OH is 1. The molecule has 0 amide bonds. The van der Waals surface area contributed by atoms with E-state index in [1.165, 1.54) is 0 Å². The second-order valence-electron chi connectivity index (χ2n) is 10.8. The summed E-state index contributed by atoms with van der Waals surface area (Å²) in [5.41, 5.74) is 0.0212. The van der Waals surface area contributed by atoms with Crippen LogP contribution in [0.1, 0.15) is 92.9 Å². The summed E-state index contributed by atoms with van der Waals surface area (Å²) in [6.45, 7) is 13.3. The highest BCUT2D eigenvalue weighted by atomic mass is 16.5. The smallest absolute Gasteiger partial charge is 0.333 e. The minimum Gasteiger partial charge on any atom is -0.462 e. The first-order chi connectivity index (χ1) is 13.5. The summed E-state index contributed by atoms with van der Waals surface area (Å²) < 4.78 is 5.75. The summed E-state index contributed by atoms with van der Waals surface area (Å²) in [4.78, 5) is 12.3. The van der Waals surface area contributed by atoms with Gasteiger partial charge in [-0.05, 0) is 82.5 Å². The lowest BCUT2D eigenvalue weighted by Gasteiger charge is -2.61. The molecule has 0 spiro atoms. The Morgan fingerprint density at radius 3 is 2.52 bits per heavy atom. The van der Waals surface area contributed by atoms with Crippen LogP contribution >= 0.6 is 0 Å². The monoisotopic (exact) mass is 408 g/mol. The van der Waals surface area contributed by atoms with Gasteiger partial charge in [-0.2, -0.15) is 0 Å². The van der Waals surface area contributed by atoms with Crippen molar-refractivity contribution in [3.05, 3.63) is 11.6 Å². The molecule has 4 nitrogen and oxygen atoms in total. The molecule has 0 aromatic carbocycles. The molecule has 0 aromatic rings. The van der Waals surface area contributed by atoms with Crippen molar-refractivity contribution in [3.8, 4) is 0 Å². The average molecular weight is 409 g/mol. The van der Waals surface area contributed by atoms with Crippen LogP contribution in [0.25, 0.3) is 0 Å². The van der Waals surface area contributed by atoms with Crippen molar-refractivity contribution in [2.24, 2.45) is 28.6 Å². The van der Waals surface area contributed by atoms with Gasteiger partial charge in [0.15, 0.2) is 0 Å². The number of fused-ring (bicyclic) bond motifs is 1. The molecule has 6 unspecified atom stereocenters. The molecule has 168 valence electrons. The quantitative estimate of drug-likeness (QED) is 0.424. The van der Waals surface area contributed by atoms with Gasteiger partial charge in [0.2, 0.25) is 0 Å². The van der Waals surface area contributed by atoms with Gasteiger partial charge in [0.05, 0.1) is 12.2 Å². The van der Waals surface area contributed by atoms with Crippen LogP contribution in [0.4, 0.5) is 0 Å². The molecule has 2 rings (SSSR count). The summed E-state index contributed by atoms with van der Waals surface area (Å²) >= 11 is 0. The molecule has 2 fully saturated rings. The maximum Gasteiger partial charge on any atom is 0.333 e. The van der Waals surface area contributed by atoms with Gasteiger partial charge in [0, 0.05) is 17.6 Å². The fourth-order valence-corrected chi connectivity index (χ4v) is 6.53. The Kier molecular flexibility index (Phi) is 8.00. The van der Waals surface area contributed by atoms with Crippen molar-refractivity contribution in [2.75, 3.05) is 13.2 Å². The third kappa shape index (κ3) is 5.25. The topological polar surface area (TPSA) is 66.8 Å². The minimum atomic E-state index is -0.652. The van der Waals surface area contributed by atoms with E-state index in [2.05, 4.69) is 20.8 Å². The number of hydrogen-bond acceptors (Lipinski definition) is 4. The van der Waals surface area contributed by atoms with Crippen molar-refractivity contribution in [1.82, 2.24) is 0 Å². The van der Waals surface area contributed by atoms with E-state index in [4.69, 9.17) is 4.74 Å². The molecule has 0 aliphatic heterocycles. The van der Waals surface area contributed by atoms with E-state index in [-0.39, 0.29) is 29.3 Å². The van der Waals surface area contributed by atoms with Gasteiger partial charge in [-0.1, -0.05) is 39.7 Å². The molecule has 2 saturated carbocycles. The van der Waals surface area contributed by atoms with Gasteiger partial charge in [0.1, 0.15) is 0 Å². The summed E-state index contributed by atoms with van der Waals surface area (Å²) in [5.74, 6) is 0.945. The Hall–Kier alpha value is -0.870. The number of allylic oxidation sites excluding steroid dienone is 1. The SMILES string of the molecule is CC=C(C)C(=O)OCC1(C)CCCC2(C)C(CCC(C)CCO)C(C)(O)CCC12. The van der Waals surface area contributed by atoms with E-state index in [1.807, 2.05) is 13.8 Å². The first-order valence-electron chi connectivity index (χ1n) is 11.6. The zero-order chi connectivity index (χ0) is 21.9. The van der Waals surface area contributed by atoms with Crippen LogP contribution in [0.3, 0.4) is 0 Å². The predicted molar refractivity (Wildman–Crippen MR) is 117 cm³/mol. The Labute approximate surface area is 178 Å².